The van der Waals surface area contributed by atoms with Crippen LogP contribution in [0.3, 0.4) is 0 Å². The van der Waals surface area contributed by atoms with Crippen molar-refractivity contribution in [2.45, 2.75) is 6.61 Å². The Labute approximate surface area is 206 Å². The Hall–Kier alpha value is -4.11. The smallest absolute Gasteiger partial charge is 0.275 e. The summed E-state index contributed by atoms with van der Waals surface area (Å²) in [6.07, 6.45) is 0. The molecule has 0 aliphatic heterocycles. The number of nitrogens with zero attached hydrogens (tertiary/aromatic N) is 1. The first-order chi connectivity index (χ1) is 17.0. The van der Waals surface area contributed by atoms with E-state index in [1.807, 2.05) is 6.07 Å². The maximum absolute atomic E-state index is 13.1. The summed E-state index contributed by atoms with van der Waals surface area (Å²) in [5.41, 5.74) is 2.40. The quantitative estimate of drug-likeness (QED) is 0.317. The number of anilines is 1. The highest BCUT2D eigenvalue weighted by molar-refractivity contribution is 7.13. The minimum absolute atomic E-state index is 0.270. The highest BCUT2D eigenvalue weighted by Gasteiger charge is 2.16. The third kappa shape index (κ3) is 5.70. The average Bonchev–Trinajstić information content (AvgIpc) is 3.39. The molecular weight excluding hydrogens is 471 g/mol. The molecule has 0 saturated heterocycles. The molecule has 1 aromatic heterocycles. The summed E-state index contributed by atoms with van der Waals surface area (Å²) in [5, 5.41) is 5.16. The molecule has 0 spiro atoms. The number of hydrogen-bond acceptors (Lipinski definition) is 7. The number of nitrogens with one attached hydrogen (secondary N) is 1. The van der Waals surface area contributed by atoms with Crippen LogP contribution in [-0.4, -0.2) is 32.2 Å². The number of rotatable bonds is 9. The molecule has 0 saturated carbocycles. The van der Waals surface area contributed by atoms with E-state index in [1.54, 1.807) is 62.1 Å². The lowest BCUT2D eigenvalue weighted by atomic mass is 10.2. The van der Waals surface area contributed by atoms with Crippen molar-refractivity contribution in [3.63, 3.8) is 0 Å². The molecule has 7 nitrogen and oxygen atoms in total. The fraction of sp³-hybridized carbons (Fsp3) is 0.154. The summed E-state index contributed by atoms with van der Waals surface area (Å²) in [7, 11) is 4.63. The van der Waals surface area contributed by atoms with Gasteiger partial charge in [0.1, 0.15) is 34.6 Å². The Morgan fingerprint density at radius 3 is 2.40 bits per heavy atom. The number of halogens is 1. The molecule has 0 radical (unpaired) electrons. The van der Waals surface area contributed by atoms with Gasteiger partial charge in [-0.25, -0.2) is 9.37 Å². The highest BCUT2D eigenvalue weighted by atomic mass is 32.1. The van der Waals surface area contributed by atoms with Crippen LogP contribution in [0, 0.1) is 5.82 Å². The number of benzene rings is 3. The summed E-state index contributed by atoms with van der Waals surface area (Å²) in [4.78, 5) is 17.3. The molecule has 0 unspecified atom stereocenters. The molecule has 0 aliphatic carbocycles. The van der Waals surface area contributed by atoms with Gasteiger partial charge in [0.2, 0.25) is 0 Å². The Balaban J connectivity index is 1.47. The Morgan fingerprint density at radius 2 is 1.69 bits per heavy atom. The number of ether oxygens (including phenoxy) is 4. The van der Waals surface area contributed by atoms with E-state index < -0.39 is 0 Å². The van der Waals surface area contributed by atoms with Crippen LogP contribution in [0.25, 0.3) is 10.6 Å². The number of hydrogen-bond donors (Lipinski definition) is 1. The summed E-state index contributed by atoms with van der Waals surface area (Å²) < 4.78 is 34.9. The molecule has 1 amide bonds. The maximum Gasteiger partial charge on any atom is 0.275 e. The van der Waals surface area contributed by atoms with E-state index >= 15 is 0 Å². The lowest BCUT2D eigenvalue weighted by molar-refractivity contribution is 0.102. The standard InChI is InChI=1S/C26H23FN2O5S/c1-31-19-9-10-20(23(13-19)32-2)28-25(30)21-15-35-26(29-21)17-6-11-22(24(12-17)33-3)34-14-16-4-7-18(27)8-5-16/h4-13,15H,14H2,1-3H3,(H,28,30). The molecule has 4 rings (SSSR count). The summed E-state index contributed by atoms with van der Waals surface area (Å²) in [6.45, 7) is 0.270. The summed E-state index contributed by atoms with van der Waals surface area (Å²) >= 11 is 1.34. The Morgan fingerprint density at radius 1 is 0.914 bits per heavy atom. The number of carbonyl (C=O) groups is 1. The number of methoxy groups -OCH3 is 3. The van der Waals surface area contributed by atoms with E-state index in [-0.39, 0.29) is 24.0 Å². The first-order valence-electron chi connectivity index (χ1n) is 10.5. The predicted octanol–water partition coefficient (Wildman–Crippen LogP) is 5.81. The zero-order valence-corrected chi connectivity index (χ0v) is 20.1. The second kappa shape index (κ2) is 10.9. The summed E-state index contributed by atoms with van der Waals surface area (Å²) in [6, 6.07) is 16.7. The zero-order valence-electron chi connectivity index (χ0n) is 19.3. The van der Waals surface area contributed by atoms with E-state index in [4.69, 9.17) is 18.9 Å². The molecule has 180 valence electrons. The van der Waals surface area contributed by atoms with Crippen molar-refractivity contribution in [1.82, 2.24) is 4.98 Å². The van der Waals surface area contributed by atoms with Crippen molar-refractivity contribution in [1.29, 1.82) is 0 Å². The second-order valence-electron chi connectivity index (χ2n) is 7.34. The van der Waals surface area contributed by atoms with Crippen molar-refractivity contribution < 1.29 is 28.1 Å². The number of amides is 1. The van der Waals surface area contributed by atoms with Crippen LogP contribution >= 0.6 is 11.3 Å². The Kier molecular flexibility index (Phi) is 7.47. The fourth-order valence-electron chi connectivity index (χ4n) is 3.26. The molecule has 0 fully saturated rings. The third-order valence-electron chi connectivity index (χ3n) is 5.11. The van der Waals surface area contributed by atoms with Crippen LogP contribution in [0.2, 0.25) is 0 Å². The van der Waals surface area contributed by atoms with Crippen LogP contribution in [0.5, 0.6) is 23.0 Å². The monoisotopic (exact) mass is 494 g/mol. The molecule has 0 aliphatic rings. The van der Waals surface area contributed by atoms with Crippen molar-refractivity contribution >= 4 is 22.9 Å². The van der Waals surface area contributed by atoms with Gasteiger partial charge in [-0.1, -0.05) is 12.1 Å². The van der Waals surface area contributed by atoms with Gasteiger partial charge in [-0.2, -0.15) is 0 Å². The first kappa shape index (κ1) is 24.0. The lowest BCUT2D eigenvalue weighted by Crippen LogP contribution is -2.13. The van der Waals surface area contributed by atoms with Crippen LogP contribution in [0.4, 0.5) is 10.1 Å². The van der Waals surface area contributed by atoms with Gasteiger partial charge in [-0.05, 0) is 48.0 Å². The molecular formula is C26H23FN2O5S. The van der Waals surface area contributed by atoms with E-state index in [0.29, 0.717) is 33.7 Å². The average molecular weight is 495 g/mol. The van der Waals surface area contributed by atoms with Gasteiger partial charge in [0.25, 0.3) is 5.91 Å². The summed E-state index contributed by atoms with van der Waals surface area (Å²) in [5.74, 6) is 1.51. The van der Waals surface area contributed by atoms with Gasteiger partial charge in [-0.3, -0.25) is 4.79 Å². The third-order valence-corrected chi connectivity index (χ3v) is 6.00. The predicted molar refractivity (Wildman–Crippen MR) is 132 cm³/mol. The molecule has 35 heavy (non-hydrogen) atoms. The molecule has 4 aromatic rings. The fourth-order valence-corrected chi connectivity index (χ4v) is 4.06. The molecule has 0 bridgehead atoms. The van der Waals surface area contributed by atoms with Crippen molar-refractivity contribution in [2.24, 2.45) is 0 Å². The van der Waals surface area contributed by atoms with Gasteiger partial charge < -0.3 is 24.3 Å². The maximum atomic E-state index is 13.1. The largest absolute Gasteiger partial charge is 0.497 e. The van der Waals surface area contributed by atoms with Gasteiger partial charge in [0.05, 0.1) is 27.0 Å². The van der Waals surface area contributed by atoms with E-state index in [9.17, 15) is 9.18 Å². The first-order valence-corrected chi connectivity index (χ1v) is 11.4. The highest BCUT2D eigenvalue weighted by Crippen LogP contribution is 2.35. The lowest BCUT2D eigenvalue weighted by Gasteiger charge is -2.12. The van der Waals surface area contributed by atoms with E-state index in [1.165, 1.54) is 30.6 Å². The zero-order chi connectivity index (χ0) is 24.8. The topological polar surface area (TPSA) is 78.9 Å². The molecule has 9 heteroatoms. The number of thiazole rings is 1. The minimum atomic E-state index is -0.359. The van der Waals surface area contributed by atoms with Gasteiger partial charge in [0, 0.05) is 17.0 Å². The van der Waals surface area contributed by atoms with Crippen LogP contribution in [0.1, 0.15) is 16.1 Å². The minimum Gasteiger partial charge on any atom is -0.497 e. The van der Waals surface area contributed by atoms with Crippen LogP contribution < -0.4 is 24.3 Å². The molecule has 3 aromatic carbocycles. The SMILES string of the molecule is COc1ccc(NC(=O)c2csc(-c3ccc(OCc4ccc(F)cc4)c(OC)c3)n2)c(OC)c1. The molecule has 1 N–H and O–H groups in total. The van der Waals surface area contributed by atoms with Crippen LogP contribution in [-0.2, 0) is 6.61 Å². The molecule has 1 heterocycles. The van der Waals surface area contributed by atoms with E-state index in [2.05, 4.69) is 10.3 Å². The number of carbonyl (C=O) groups excluding carboxylic acids is 1. The normalized spacial score (nSPS) is 10.5. The van der Waals surface area contributed by atoms with E-state index in [0.717, 1.165) is 11.1 Å². The van der Waals surface area contributed by atoms with Gasteiger partial charge >= 0.3 is 0 Å². The molecule has 0 atom stereocenters. The Bertz CT molecular complexity index is 1320. The number of aromatic nitrogens is 1. The second-order valence-corrected chi connectivity index (χ2v) is 8.20. The van der Waals surface area contributed by atoms with Gasteiger partial charge in [0.15, 0.2) is 11.5 Å². The van der Waals surface area contributed by atoms with Crippen molar-refractivity contribution in [2.75, 3.05) is 26.6 Å². The van der Waals surface area contributed by atoms with Crippen molar-refractivity contribution in [3.05, 3.63) is 83.1 Å². The van der Waals surface area contributed by atoms with Crippen LogP contribution in [0.15, 0.2) is 66.0 Å². The van der Waals surface area contributed by atoms with Gasteiger partial charge in [-0.15, -0.1) is 11.3 Å². The van der Waals surface area contributed by atoms with Crippen molar-refractivity contribution in [3.8, 4) is 33.6 Å².